The van der Waals surface area contributed by atoms with E-state index < -0.39 is 29.7 Å². The standard InChI is InChI=1S/C33H29NO7/c1-18(35)39-30-27-25(41-33(2,3)31(30)40-32(37)19-11-7-6-8-12-19)17-24(38-5)26-28(27)34(4)23-16-21-14-10-9-13-20(21)15-22(23)29(26)36/h6-17,30-31H,1-5H3/t30-,31-/m0/s1. The van der Waals surface area contributed by atoms with Crippen LogP contribution in [-0.2, 0) is 21.3 Å². The molecule has 4 aromatic carbocycles. The molecule has 1 aromatic heterocycles. The van der Waals surface area contributed by atoms with Crippen LogP contribution in [0.15, 0.2) is 77.6 Å². The third-order valence-corrected chi connectivity index (χ3v) is 7.67. The van der Waals surface area contributed by atoms with Gasteiger partial charge in [-0.05, 0) is 48.9 Å². The van der Waals surface area contributed by atoms with E-state index in [-0.39, 0.29) is 5.43 Å². The van der Waals surface area contributed by atoms with E-state index in [0.29, 0.717) is 44.4 Å². The maximum absolute atomic E-state index is 14.1. The minimum absolute atomic E-state index is 0.234. The SMILES string of the molecule is COc1cc2c(c3c1c(=O)c1cc4ccccc4cc1n3C)[C@H](OC(C)=O)[C@H](OC(=O)c1ccccc1)C(C)(C)O2. The molecule has 208 valence electrons. The lowest BCUT2D eigenvalue weighted by molar-refractivity contribution is -0.168. The molecule has 0 N–H and O–H groups in total. The highest BCUT2D eigenvalue weighted by Crippen LogP contribution is 2.49. The molecule has 0 saturated carbocycles. The number of carbonyl (C=O) groups excluding carboxylic acids is 2. The molecule has 2 atom stereocenters. The third kappa shape index (κ3) is 4.27. The van der Waals surface area contributed by atoms with Gasteiger partial charge < -0.3 is 23.5 Å². The Bertz CT molecular complexity index is 1920. The highest BCUT2D eigenvalue weighted by molar-refractivity contribution is 6.04. The maximum atomic E-state index is 14.1. The van der Waals surface area contributed by atoms with Gasteiger partial charge in [-0.3, -0.25) is 9.59 Å². The van der Waals surface area contributed by atoms with Crippen molar-refractivity contribution < 1.29 is 28.5 Å². The van der Waals surface area contributed by atoms with Crippen LogP contribution in [0.25, 0.3) is 32.6 Å². The number of ether oxygens (including phenoxy) is 4. The summed E-state index contributed by atoms with van der Waals surface area (Å²) in [7, 11) is 3.33. The van der Waals surface area contributed by atoms with Crippen molar-refractivity contribution in [3.05, 3.63) is 94.1 Å². The molecular weight excluding hydrogens is 522 g/mol. The molecule has 0 amide bonds. The molecule has 8 heteroatoms. The van der Waals surface area contributed by atoms with Gasteiger partial charge in [0, 0.05) is 25.4 Å². The summed E-state index contributed by atoms with van der Waals surface area (Å²) in [6.45, 7) is 4.82. The molecule has 0 unspecified atom stereocenters. The van der Waals surface area contributed by atoms with Crippen molar-refractivity contribution >= 4 is 44.5 Å². The quantitative estimate of drug-likeness (QED) is 0.204. The Kier molecular flexibility index (Phi) is 6.21. The number of aryl methyl sites for hydroxylation is 1. The summed E-state index contributed by atoms with van der Waals surface area (Å²) in [5.41, 5.74) is 0.581. The van der Waals surface area contributed by atoms with Gasteiger partial charge in [0.05, 0.1) is 34.7 Å². The highest BCUT2D eigenvalue weighted by Gasteiger charge is 2.50. The predicted octanol–water partition coefficient (Wildman–Crippen LogP) is 5.85. The van der Waals surface area contributed by atoms with Gasteiger partial charge in [-0.15, -0.1) is 0 Å². The van der Waals surface area contributed by atoms with Crippen molar-refractivity contribution in [2.75, 3.05) is 7.11 Å². The van der Waals surface area contributed by atoms with E-state index in [4.69, 9.17) is 18.9 Å². The van der Waals surface area contributed by atoms with Crippen LogP contribution in [0.5, 0.6) is 11.5 Å². The Labute approximate surface area is 236 Å². The number of fused-ring (bicyclic) bond motifs is 5. The lowest BCUT2D eigenvalue weighted by Crippen LogP contribution is -2.52. The van der Waals surface area contributed by atoms with Gasteiger partial charge in [-0.1, -0.05) is 42.5 Å². The first-order chi connectivity index (χ1) is 19.6. The minimum atomic E-state index is -1.11. The molecular formula is C33H29NO7. The predicted molar refractivity (Wildman–Crippen MR) is 156 cm³/mol. The molecule has 2 heterocycles. The lowest BCUT2D eigenvalue weighted by atomic mass is 9.86. The van der Waals surface area contributed by atoms with Gasteiger partial charge in [0.1, 0.15) is 17.1 Å². The highest BCUT2D eigenvalue weighted by atomic mass is 16.6. The number of carbonyl (C=O) groups is 2. The second-order valence-electron chi connectivity index (χ2n) is 10.7. The molecule has 0 fully saturated rings. The van der Waals surface area contributed by atoms with Gasteiger partial charge in [-0.25, -0.2) is 4.79 Å². The summed E-state index contributed by atoms with van der Waals surface area (Å²) in [5.74, 6) is -0.462. The molecule has 0 saturated heterocycles. The van der Waals surface area contributed by atoms with Gasteiger partial charge in [0.25, 0.3) is 0 Å². The average Bonchev–Trinajstić information content (AvgIpc) is 2.95. The van der Waals surface area contributed by atoms with Crippen LogP contribution in [0, 0.1) is 0 Å². The largest absolute Gasteiger partial charge is 0.496 e. The molecule has 5 aromatic rings. The Morgan fingerprint density at radius 1 is 0.927 bits per heavy atom. The monoisotopic (exact) mass is 551 g/mol. The number of benzene rings is 4. The van der Waals surface area contributed by atoms with Crippen LogP contribution in [0.1, 0.15) is 42.8 Å². The minimum Gasteiger partial charge on any atom is -0.496 e. The first kappa shape index (κ1) is 26.4. The summed E-state index contributed by atoms with van der Waals surface area (Å²) in [5, 5.41) is 2.73. The van der Waals surface area contributed by atoms with E-state index in [9.17, 15) is 14.4 Å². The molecule has 0 aliphatic carbocycles. The fourth-order valence-electron chi connectivity index (χ4n) is 5.79. The third-order valence-electron chi connectivity index (χ3n) is 7.67. The zero-order chi connectivity index (χ0) is 29.1. The van der Waals surface area contributed by atoms with Crippen LogP contribution in [0.3, 0.4) is 0 Å². The molecule has 41 heavy (non-hydrogen) atoms. The van der Waals surface area contributed by atoms with Crippen LogP contribution < -0.4 is 14.9 Å². The summed E-state index contributed by atoms with van der Waals surface area (Å²) in [6, 6.07) is 21.9. The van der Waals surface area contributed by atoms with Crippen molar-refractivity contribution in [3.63, 3.8) is 0 Å². The summed E-state index contributed by atoms with van der Waals surface area (Å²) in [4.78, 5) is 39.9. The Hall–Kier alpha value is -4.85. The first-order valence-electron chi connectivity index (χ1n) is 13.3. The number of nitrogens with zero attached hydrogens (tertiary/aromatic N) is 1. The molecule has 8 nitrogen and oxygen atoms in total. The number of pyridine rings is 1. The van der Waals surface area contributed by atoms with Crippen LogP contribution in [-0.4, -0.2) is 35.3 Å². The van der Waals surface area contributed by atoms with Crippen molar-refractivity contribution in [3.8, 4) is 11.5 Å². The zero-order valence-electron chi connectivity index (χ0n) is 23.4. The smallest absolute Gasteiger partial charge is 0.338 e. The normalized spacial score (nSPS) is 17.6. The number of esters is 2. The number of hydrogen-bond donors (Lipinski definition) is 0. The second-order valence-corrected chi connectivity index (χ2v) is 10.7. The van der Waals surface area contributed by atoms with Crippen LogP contribution in [0.4, 0.5) is 0 Å². The molecule has 0 bridgehead atoms. The van der Waals surface area contributed by atoms with Crippen molar-refractivity contribution in [2.24, 2.45) is 7.05 Å². The number of aromatic nitrogens is 1. The zero-order valence-corrected chi connectivity index (χ0v) is 23.4. The van der Waals surface area contributed by atoms with Crippen LogP contribution in [0.2, 0.25) is 0 Å². The fourth-order valence-corrected chi connectivity index (χ4v) is 5.79. The lowest BCUT2D eigenvalue weighted by Gasteiger charge is -2.43. The number of rotatable bonds is 4. The molecule has 6 rings (SSSR count). The molecule has 1 aliphatic heterocycles. The topological polar surface area (TPSA) is 93.1 Å². The Morgan fingerprint density at radius 2 is 1.59 bits per heavy atom. The van der Waals surface area contributed by atoms with Crippen LogP contribution >= 0.6 is 0 Å². The molecule has 0 radical (unpaired) electrons. The van der Waals surface area contributed by atoms with Gasteiger partial charge in [0.2, 0.25) is 5.43 Å². The van der Waals surface area contributed by atoms with E-state index in [1.54, 1.807) is 50.2 Å². The number of methoxy groups -OCH3 is 1. The Balaban J connectivity index is 1.67. The Morgan fingerprint density at radius 3 is 2.24 bits per heavy atom. The van der Waals surface area contributed by atoms with Gasteiger partial charge >= 0.3 is 11.9 Å². The van der Waals surface area contributed by atoms with Crippen molar-refractivity contribution in [2.45, 2.75) is 38.6 Å². The molecule has 0 spiro atoms. The summed E-state index contributed by atoms with van der Waals surface area (Å²) >= 11 is 0. The molecule has 1 aliphatic rings. The second kappa shape index (κ2) is 9.66. The summed E-state index contributed by atoms with van der Waals surface area (Å²) in [6.07, 6.45) is -2.11. The van der Waals surface area contributed by atoms with Gasteiger partial charge in [-0.2, -0.15) is 0 Å². The van der Waals surface area contributed by atoms with E-state index in [0.717, 1.165) is 10.8 Å². The van der Waals surface area contributed by atoms with E-state index >= 15 is 0 Å². The maximum Gasteiger partial charge on any atom is 0.338 e. The van der Waals surface area contributed by atoms with E-state index in [1.165, 1.54) is 14.0 Å². The van der Waals surface area contributed by atoms with E-state index in [2.05, 4.69) is 0 Å². The van der Waals surface area contributed by atoms with Crippen molar-refractivity contribution in [1.29, 1.82) is 0 Å². The average molecular weight is 552 g/mol. The van der Waals surface area contributed by atoms with Crippen molar-refractivity contribution in [1.82, 2.24) is 4.57 Å². The van der Waals surface area contributed by atoms with E-state index in [1.807, 2.05) is 48.0 Å². The fraction of sp³-hybridized carbons (Fsp3) is 0.242. The number of hydrogen-bond acceptors (Lipinski definition) is 7. The first-order valence-corrected chi connectivity index (χ1v) is 13.3. The van der Waals surface area contributed by atoms with Gasteiger partial charge in [0.15, 0.2) is 12.2 Å². The summed E-state index contributed by atoms with van der Waals surface area (Å²) < 4.78 is 26.0.